The summed E-state index contributed by atoms with van der Waals surface area (Å²) < 4.78 is 0. The van der Waals surface area contributed by atoms with Gasteiger partial charge in [0.15, 0.2) is 0 Å². The summed E-state index contributed by atoms with van der Waals surface area (Å²) in [4.78, 5) is 8.56. The SMILES string of the molecule is CC=C(O)[N+](=O)[O-]. The van der Waals surface area contributed by atoms with E-state index in [1.54, 1.807) is 0 Å². The minimum absolute atomic E-state index is 0.806. The standard InChI is InChI=1S/C3H5NO3/c1-2-3(5)4(6)7/h2,5H,1H3. The Hall–Kier alpha value is -1.06. The zero-order valence-corrected chi connectivity index (χ0v) is 3.79. The molecule has 4 heteroatoms. The summed E-state index contributed by atoms with van der Waals surface area (Å²) in [5, 5.41) is 17.5. The summed E-state index contributed by atoms with van der Waals surface area (Å²) in [6.45, 7) is 1.39. The highest BCUT2D eigenvalue weighted by Crippen LogP contribution is 1.84. The number of nitrogens with zero attached hydrogens (tertiary/aromatic N) is 1. The number of aliphatic hydroxyl groups excluding tert-OH is 1. The molecule has 0 bridgehead atoms. The van der Waals surface area contributed by atoms with Gasteiger partial charge >= 0.3 is 5.88 Å². The number of rotatable bonds is 1. The normalized spacial score (nSPS) is 11.3. The van der Waals surface area contributed by atoms with Crippen molar-refractivity contribution in [2.45, 2.75) is 6.92 Å². The fourth-order valence-corrected chi connectivity index (χ4v) is 0.105. The maximum Gasteiger partial charge on any atom is 0.421 e. The fraction of sp³-hybridized carbons (Fsp3) is 0.333. The predicted octanol–water partition coefficient (Wildman–Crippen LogP) is 0.682. The molecule has 0 unspecified atom stereocenters. The third kappa shape index (κ3) is 1.75. The number of hydrogen-bond donors (Lipinski definition) is 1. The van der Waals surface area contributed by atoms with Crippen LogP contribution in [0.15, 0.2) is 12.0 Å². The molecule has 0 saturated carbocycles. The fourth-order valence-electron chi connectivity index (χ4n) is 0.105. The van der Waals surface area contributed by atoms with E-state index in [1.807, 2.05) is 0 Å². The van der Waals surface area contributed by atoms with Crippen LogP contribution >= 0.6 is 0 Å². The van der Waals surface area contributed by atoms with Crippen molar-refractivity contribution >= 4 is 0 Å². The van der Waals surface area contributed by atoms with Crippen LogP contribution in [0.3, 0.4) is 0 Å². The van der Waals surface area contributed by atoms with Crippen molar-refractivity contribution in [2.75, 3.05) is 0 Å². The molecular formula is C3H5NO3. The summed E-state index contributed by atoms with van der Waals surface area (Å²) in [6, 6.07) is 0. The second-order valence-corrected chi connectivity index (χ2v) is 0.904. The first kappa shape index (κ1) is 5.94. The summed E-state index contributed by atoms with van der Waals surface area (Å²) in [5.41, 5.74) is 0. The van der Waals surface area contributed by atoms with E-state index < -0.39 is 10.8 Å². The largest absolute Gasteiger partial charge is 0.456 e. The molecule has 1 N–H and O–H groups in total. The van der Waals surface area contributed by atoms with Crippen LogP contribution in [-0.4, -0.2) is 10.0 Å². The van der Waals surface area contributed by atoms with Crippen LogP contribution in [-0.2, 0) is 0 Å². The molecule has 0 spiro atoms. The highest BCUT2D eigenvalue weighted by atomic mass is 16.7. The summed E-state index contributed by atoms with van der Waals surface area (Å²) >= 11 is 0. The lowest BCUT2D eigenvalue weighted by Gasteiger charge is -1.80. The van der Waals surface area contributed by atoms with Crippen molar-refractivity contribution < 1.29 is 10.0 Å². The molecule has 0 atom stereocenters. The summed E-state index contributed by atoms with van der Waals surface area (Å²) in [5.74, 6) is -0.806. The molecule has 0 amide bonds. The number of aliphatic hydroxyl groups is 1. The first-order chi connectivity index (χ1) is 3.18. The zero-order chi connectivity index (χ0) is 5.86. The number of allylic oxidation sites excluding steroid dienone is 1. The van der Waals surface area contributed by atoms with Gasteiger partial charge in [0.2, 0.25) is 0 Å². The quantitative estimate of drug-likeness (QED) is 0.301. The molecule has 40 valence electrons. The van der Waals surface area contributed by atoms with Crippen LogP contribution < -0.4 is 0 Å². The van der Waals surface area contributed by atoms with Crippen molar-refractivity contribution in [1.29, 1.82) is 0 Å². The zero-order valence-electron chi connectivity index (χ0n) is 3.79. The second kappa shape index (κ2) is 2.17. The van der Waals surface area contributed by atoms with E-state index in [2.05, 4.69) is 0 Å². The van der Waals surface area contributed by atoms with Crippen molar-refractivity contribution in [1.82, 2.24) is 0 Å². The molecular weight excluding hydrogens is 98.0 g/mol. The van der Waals surface area contributed by atoms with Crippen molar-refractivity contribution in [3.63, 3.8) is 0 Å². The molecule has 7 heavy (non-hydrogen) atoms. The van der Waals surface area contributed by atoms with Gasteiger partial charge in [-0.25, -0.2) is 0 Å². The Labute approximate surface area is 40.2 Å². The molecule has 4 nitrogen and oxygen atoms in total. The molecule has 0 fully saturated rings. The van der Waals surface area contributed by atoms with Crippen LogP contribution in [0, 0.1) is 10.1 Å². The first-order valence-corrected chi connectivity index (χ1v) is 1.68. The van der Waals surface area contributed by atoms with Crippen molar-refractivity contribution in [2.24, 2.45) is 0 Å². The van der Waals surface area contributed by atoms with Gasteiger partial charge in [-0.1, -0.05) is 0 Å². The van der Waals surface area contributed by atoms with Gasteiger partial charge in [0.1, 0.15) is 4.92 Å². The van der Waals surface area contributed by atoms with Gasteiger partial charge in [-0.15, -0.1) is 0 Å². The van der Waals surface area contributed by atoms with Gasteiger partial charge in [-0.3, -0.25) is 10.1 Å². The highest BCUT2D eigenvalue weighted by molar-refractivity contribution is 4.73. The Balaban J connectivity index is 3.82. The first-order valence-electron chi connectivity index (χ1n) is 1.68. The predicted molar refractivity (Wildman–Crippen MR) is 23.4 cm³/mol. The third-order valence-corrected chi connectivity index (χ3v) is 0.445. The van der Waals surface area contributed by atoms with E-state index in [0.717, 1.165) is 6.08 Å². The molecule has 0 aromatic heterocycles. The minimum Gasteiger partial charge on any atom is -0.456 e. The molecule has 0 aromatic carbocycles. The van der Waals surface area contributed by atoms with E-state index >= 15 is 0 Å². The molecule has 0 heterocycles. The van der Waals surface area contributed by atoms with E-state index in [1.165, 1.54) is 6.92 Å². The lowest BCUT2D eigenvalue weighted by molar-refractivity contribution is -0.458. The molecule has 0 saturated heterocycles. The Kier molecular flexibility index (Phi) is 1.84. The molecule has 0 rings (SSSR count). The smallest absolute Gasteiger partial charge is 0.421 e. The molecule has 0 aromatic rings. The Morgan fingerprint density at radius 3 is 2.43 bits per heavy atom. The van der Waals surface area contributed by atoms with Gasteiger partial charge in [-0.05, 0) is 6.92 Å². The molecule has 0 aliphatic heterocycles. The minimum atomic E-state index is -0.861. The van der Waals surface area contributed by atoms with E-state index in [-0.39, 0.29) is 0 Å². The van der Waals surface area contributed by atoms with Gasteiger partial charge in [-0.2, -0.15) is 0 Å². The van der Waals surface area contributed by atoms with Crippen LogP contribution in [0.1, 0.15) is 6.92 Å². The van der Waals surface area contributed by atoms with Gasteiger partial charge < -0.3 is 5.11 Å². The topological polar surface area (TPSA) is 63.4 Å². The Morgan fingerprint density at radius 1 is 2.00 bits per heavy atom. The van der Waals surface area contributed by atoms with Crippen LogP contribution in [0.4, 0.5) is 0 Å². The highest BCUT2D eigenvalue weighted by Gasteiger charge is 1.99. The lowest BCUT2D eigenvalue weighted by Crippen LogP contribution is -1.94. The summed E-state index contributed by atoms with van der Waals surface area (Å²) in [7, 11) is 0. The Bertz CT molecular complexity index is 107. The van der Waals surface area contributed by atoms with Gasteiger partial charge in [0.25, 0.3) is 0 Å². The van der Waals surface area contributed by atoms with Gasteiger partial charge in [0.05, 0.1) is 0 Å². The molecule has 0 radical (unpaired) electrons. The number of hydrogen-bond acceptors (Lipinski definition) is 3. The third-order valence-electron chi connectivity index (χ3n) is 0.445. The molecule has 0 aliphatic rings. The average Bonchev–Trinajstić information content (AvgIpc) is 1.65. The number of nitro groups is 1. The lowest BCUT2D eigenvalue weighted by atomic mass is 10.7. The van der Waals surface area contributed by atoms with Crippen molar-refractivity contribution in [3.05, 3.63) is 22.1 Å². The van der Waals surface area contributed by atoms with E-state index in [9.17, 15) is 10.1 Å². The van der Waals surface area contributed by atoms with Crippen LogP contribution in [0.5, 0.6) is 0 Å². The maximum absolute atomic E-state index is 9.42. The van der Waals surface area contributed by atoms with Crippen LogP contribution in [0.25, 0.3) is 0 Å². The van der Waals surface area contributed by atoms with Crippen molar-refractivity contribution in [3.8, 4) is 0 Å². The van der Waals surface area contributed by atoms with Crippen LogP contribution in [0.2, 0.25) is 0 Å². The van der Waals surface area contributed by atoms with Gasteiger partial charge in [0, 0.05) is 6.08 Å². The van der Waals surface area contributed by atoms with E-state index in [0.29, 0.717) is 0 Å². The Morgan fingerprint density at radius 2 is 2.43 bits per heavy atom. The van der Waals surface area contributed by atoms with E-state index in [4.69, 9.17) is 5.11 Å². The monoisotopic (exact) mass is 103 g/mol. The molecule has 0 aliphatic carbocycles. The average molecular weight is 103 g/mol. The maximum atomic E-state index is 9.42. The summed E-state index contributed by atoms with van der Waals surface area (Å²) in [6.07, 6.45) is 1.01. The second-order valence-electron chi connectivity index (χ2n) is 0.904.